The predicted molar refractivity (Wildman–Crippen MR) is 106 cm³/mol. The molecule has 7 nitrogen and oxygen atoms in total. The second-order valence-electron chi connectivity index (χ2n) is 7.48. The fourth-order valence-corrected chi connectivity index (χ4v) is 4.44. The number of hydrogen-bond acceptors (Lipinski definition) is 5. The average molecular weight is 380 g/mol. The number of carbonyl (C=O) groups is 1. The fraction of sp³-hybridized carbons (Fsp3) is 0.429. The van der Waals surface area contributed by atoms with Gasteiger partial charge in [0.15, 0.2) is 0 Å². The molecule has 2 aliphatic heterocycles. The van der Waals surface area contributed by atoms with Crippen molar-refractivity contribution in [3.8, 4) is 0 Å². The molecular weight excluding hydrogens is 356 g/mol. The highest BCUT2D eigenvalue weighted by atomic mass is 16.6. The van der Waals surface area contributed by atoms with Crippen LogP contribution >= 0.6 is 0 Å². The molecule has 0 aliphatic carbocycles. The van der Waals surface area contributed by atoms with Gasteiger partial charge < -0.3 is 9.80 Å². The molecule has 0 spiro atoms. The first-order valence-corrected chi connectivity index (χ1v) is 9.84. The number of para-hydroxylation sites is 2. The topological polar surface area (TPSA) is 79.6 Å². The van der Waals surface area contributed by atoms with Crippen LogP contribution in [0.15, 0.2) is 48.8 Å². The molecule has 0 radical (unpaired) electrons. The summed E-state index contributed by atoms with van der Waals surface area (Å²) in [6.45, 7) is 2.11. The van der Waals surface area contributed by atoms with Crippen LogP contribution in [0.5, 0.6) is 0 Å². The van der Waals surface area contributed by atoms with E-state index in [-0.39, 0.29) is 28.5 Å². The molecule has 2 fully saturated rings. The Balaban J connectivity index is 1.43. The first-order valence-electron chi connectivity index (χ1n) is 9.84. The van der Waals surface area contributed by atoms with E-state index in [9.17, 15) is 14.9 Å². The molecule has 3 heterocycles. The highest BCUT2D eigenvalue weighted by molar-refractivity contribution is 5.80. The maximum absolute atomic E-state index is 13.2. The van der Waals surface area contributed by atoms with Crippen molar-refractivity contribution in [2.24, 2.45) is 5.92 Å². The molecule has 0 N–H and O–H groups in total. The number of pyridine rings is 1. The van der Waals surface area contributed by atoms with E-state index in [2.05, 4.69) is 4.98 Å². The van der Waals surface area contributed by atoms with Crippen LogP contribution in [-0.2, 0) is 4.79 Å². The highest BCUT2D eigenvalue weighted by Gasteiger charge is 2.36. The van der Waals surface area contributed by atoms with E-state index in [4.69, 9.17) is 0 Å². The number of benzene rings is 1. The standard InChI is InChI=1S/C21H24N4O3/c26-21(24-12-4-8-18(24)17-5-3-11-22-15-17)16-9-13-23(14-10-16)19-6-1-2-7-20(19)25(27)28/h1-3,5-7,11,15-16,18H,4,8-10,12-14H2/t18-/m1/s1. The lowest BCUT2D eigenvalue weighted by atomic mass is 9.94. The summed E-state index contributed by atoms with van der Waals surface area (Å²) < 4.78 is 0. The summed E-state index contributed by atoms with van der Waals surface area (Å²) in [6.07, 6.45) is 7.05. The van der Waals surface area contributed by atoms with Gasteiger partial charge in [0.1, 0.15) is 5.69 Å². The van der Waals surface area contributed by atoms with E-state index in [1.54, 1.807) is 18.3 Å². The molecule has 2 aliphatic rings. The van der Waals surface area contributed by atoms with Crippen molar-refractivity contribution >= 4 is 17.3 Å². The third-order valence-corrected chi connectivity index (χ3v) is 5.87. The molecule has 4 rings (SSSR count). The number of nitro groups is 1. The molecule has 2 saturated heterocycles. The molecule has 0 unspecified atom stereocenters. The van der Waals surface area contributed by atoms with Crippen LogP contribution in [0.2, 0.25) is 0 Å². The van der Waals surface area contributed by atoms with Crippen molar-refractivity contribution in [3.05, 3.63) is 64.5 Å². The smallest absolute Gasteiger partial charge is 0.292 e. The van der Waals surface area contributed by atoms with Gasteiger partial charge in [-0.25, -0.2) is 0 Å². The molecule has 28 heavy (non-hydrogen) atoms. The van der Waals surface area contributed by atoms with E-state index < -0.39 is 0 Å². The van der Waals surface area contributed by atoms with Gasteiger partial charge in [-0.1, -0.05) is 18.2 Å². The van der Waals surface area contributed by atoms with Gasteiger partial charge in [0.25, 0.3) is 5.69 Å². The van der Waals surface area contributed by atoms with E-state index in [0.29, 0.717) is 18.8 Å². The maximum Gasteiger partial charge on any atom is 0.292 e. The quantitative estimate of drug-likeness (QED) is 0.598. The Morgan fingerprint density at radius 3 is 2.57 bits per heavy atom. The van der Waals surface area contributed by atoms with Crippen LogP contribution in [0.4, 0.5) is 11.4 Å². The Morgan fingerprint density at radius 2 is 1.86 bits per heavy atom. The van der Waals surface area contributed by atoms with Crippen molar-refractivity contribution < 1.29 is 9.72 Å². The van der Waals surface area contributed by atoms with Gasteiger partial charge in [0, 0.05) is 44.0 Å². The first kappa shape index (κ1) is 18.4. The molecule has 1 amide bonds. The van der Waals surface area contributed by atoms with Gasteiger partial charge in [0.05, 0.1) is 11.0 Å². The zero-order chi connectivity index (χ0) is 19.5. The zero-order valence-electron chi connectivity index (χ0n) is 15.7. The molecule has 2 aromatic rings. The lowest BCUT2D eigenvalue weighted by molar-refractivity contribution is -0.384. The summed E-state index contributed by atoms with van der Waals surface area (Å²) in [4.78, 5) is 32.4. The summed E-state index contributed by atoms with van der Waals surface area (Å²) in [5.74, 6) is 0.199. The van der Waals surface area contributed by atoms with Crippen molar-refractivity contribution in [2.75, 3.05) is 24.5 Å². The highest BCUT2D eigenvalue weighted by Crippen LogP contribution is 2.36. The summed E-state index contributed by atoms with van der Waals surface area (Å²) in [5.41, 5.74) is 1.88. The number of likely N-dealkylation sites (tertiary alicyclic amines) is 1. The number of hydrogen-bond donors (Lipinski definition) is 0. The Morgan fingerprint density at radius 1 is 1.07 bits per heavy atom. The Labute approximate surface area is 164 Å². The minimum Gasteiger partial charge on any atom is -0.366 e. The third kappa shape index (κ3) is 3.56. The van der Waals surface area contributed by atoms with E-state index in [1.165, 1.54) is 6.07 Å². The van der Waals surface area contributed by atoms with Gasteiger partial charge in [0.2, 0.25) is 5.91 Å². The number of aromatic nitrogens is 1. The minimum absolute atomic E-state index is 0.0173. The number of rotatable bonds is 4. The van der Waals surface area contributed by atoms with Gasteiger partial charge in [-0.2, -0.15) is 0 Å². The Bertz CT molecular complexity index is 850. The number of amides is 1. The molecule has 1 atom stereocenters. The van der Waals surface area contributed by atoms with Crippen molar-refractivity contribution in [3.63, 3.8) is 0 Å². The monoisotopic (exact) mass is 380 g/mol. The number of carbonyl (C=O) groups excluding carboxylic acids is 1. The number of nitrogens with zero attached hydrogens (tertiary/aromatic N) is 4. The molecular formula is C21H24N4O3. The van der Waals surface area contributed by atoms with Gasteiger partial charge in [-0.3, -0.25) is 19.9 Å². The molecule has 146 valence electrons. The van der Waals surface area contributed by atoms with Crippen molar-refractivity contribution in [2.45, 2.75) is 31.7 Å². The Hall–Kier alpha value is -2.96. The minimum atomic E-state index is -0.338. The summed E-state index contributed by atoms with van der Waals surface area (Å²) in [5, 5.41) is 11.3. The molecule has 1 aromatic heterocycles. The second-order valence-corrected chi connectivity index (χ2v) is 7.48. The largest absolute Gasteiger partial charge is 0.366 e. The van der Waals surface area contributed by atoms with Crippen LogP contribution in [0.1, 0.15) is 37.3 Å². The summed E-state index contributed by atoms with van der Waals surface area (Å²) in [6, 6.07) is 10.9. The number of anilines is 1. The van der Waals surface area contributed by atoms with Crippen LogP contribution < -0.4 is 4.90 Å². The van der Waals surface area contributed by atoms with Crippen LogP contribution in [0, 0.1) is 16.0 Å². The van der Waals surface area contributed by atoms with E-state index in [0.717, 1.165) is 37.8 Å². The van der Waals surface area contributed by atoms with Crippen molar-refractivity contribution in [1.82, 2.24) is 9.88 Å². The van der Waals surface area contributed by atoms with Gasteiger partial charge in [-0.15, -0.1) is 0 Å². The molecule has 0 bridgehead atoms. The van der Waals surface area contributed by atoms with Gasteiger partial charge >= 0.3 is 0 Å². The first-order chi connectivity index (χ1) is 13.6. The van der Waals surface area contributed by atoms with Crippen LogP contribution in [0.3, 0.4) is 0 Å². The average Bonchev–Trinajstić information content (AvgIpc) is 3.24. The SMILES string of the molecule is O=C(C1CCN(c2ccccc2[N+](=O)[O-])CC1)N1CCC[C@@H]1c1cccnc1. The molecule has 7 heteroatoms. The fourth-order valence-electron chi connectivity index (χ4n) is 4.44. The second kappa shape index (κ2) is 7.96. The summed E-state index contributed by atoms with van der Waals surface area (Å²) in [7, 11) is 0. The maximum atomic E-state index is 13.2. The van der Waals surface area contributed by atoms with Gasteiger partial charge in [-0.05, 0) is 43.4 Å². The van der Waals surface area contributed by atoms with E-state index >= 15 is 0 Å². The number of nitro benzene ring substituents is 1. The molecule has 0 saturated carbocycles. The van der Waals surface area contributed by atoms with Crippen LogP contribution in [0.25, 0.3) is 0 Å². The Kier molecular flexibility index (Phi) is 5.23. The third-order valence-electron chi connectivity index (χ3n) is 5.87. The lowest BCUT2D eigenvalue weighted by Crippen LogP contribution is -2.42. The van der Waals surface area contributed by atoms with Crippen LogP contribution in [-0.4, -0.2) is 40.3 Å². The van der Waals surface area contributed by atoms with Crippen molar-refractivity contribution in [1.29, 1.82) is 0 Å². The van der Waals surface area contributed by atoms with E-state index in [1.807, 2.05) is 34.2 Å². The summed E-state index contributed by atoms with van der Waals surface area (Å²) >= 11 is 0. The number of piperidine rings is 1. The normalized spacial score (nSPS) is 20.4. The lowest BCUT2D eigenvalue weighted by Gasteiger charge is -2.35. The zero-order valence-corrected chi connectivity index (χ0v) is 15.7. The predicted octanol–water partition coefficient (Wildman–Crippen LogP) is 3.57. The molecule has 1 aromatic carbocycles.